The molecule has 2 atom stereocenters. The average Bonchev–Trinajstić information content (AvgIpc) is 3.16. The molecule has 3 aliphatic rings. The second-order valence-electron chi connectivity index (χ2n) is 7.84. The van der Waals surface area contributed by atoms with Gasteiger partial charge in [-0.15, -0.1) is 0 Å². The number of nitrogens with zero attached hydrogens (tertiary/aromatic N) is 3. The van der Waals surface area contributed by atoms with Crippen molar-refractivity contribution in [3.8, 4) is 6.07 Å². The predicted molar refractivity (Wildman–Crippen MR) is 93.2 cm³/mol. The molecule has 1 saturated heterocycles. The molecular weight excluding hydrogens is 316 g/mol. The van der Waals surface area contributed by atoms with Crippen LogP contribution in [-0.4, -0.2) is 36.7 Å². The standard InChI is InChI=1S/C19H24N4O2/c1-12-7-15-16(10-21-18(15)24)22-17(12)23-5-3-14(4-6-23)25-11-19(2)8-13(19)9-20/h7,13-14H,3-6,8,10-11H2,1-2H3,(H,21,24)/t13-,19+/m0/s1. The van der Waals surface area contributed by atoms with Crippen LogP contribution in [0.2, 0.25) is 0 Å². The summed E-state index contributed by atoms with van der Waals surface area (Å²) >= 11 is 0. The van der Waals surface area contributed by atoms with Gasteiger partial charge in [0, 0.05) is 18.5 Å². The molecule has 2 aliphatic heterocycles. The first-order valence-electron chi connectivity index (χ1n) is 9.05. The molecule has 1 saturated carbocycles. The lowest BCUT2D eigenvalue weighted by Gasteiger charge is -2.34. The van der Waals surface area contributed by atoms with E-state index in [1.165, 1.54) is 0 Å². The Bertz CT molecular complexity index is 749. The third-order valence-electron chi connectivity index (χ3n) is 5.82. The van der Waals surface area contributed by atoms with Gasteiger partial charge in [-0.1, -0.05) is 6.92 Å². The highest BCUT2D eigenvalue weighted by atomic mass is 16.5. The summed E-state index contributed by atoms with van der Waals surface area (Å²) in [5.41, 5.74) is 2.69. The number of anilines is 1. The largest absolute Gasteiger partial charge is 0.377 e. The van der Waals surface area contributed by atoms with Gasteiger partial charge in [-0.3, -0.25) is 4.79 Å². The van der Waals surface area contributed by atoms with Crippen molar-refractivity contribution in [3.05, 3.63) is 22.9 Å². The lowest BCUT2D eigenvalue weighted by atomic mass is 10.0. The number of rotatable bonds is 4. The van der Waals surface area contributed by atoms with Crippen LogP contribution in [0.4, 0.5) is 5.82 Å². The number of nitrogens with one attached hydrogen (secondary N) is 1. The quantitative estimate of drug-likeness (QED) is 0.909. The van der Waals surface area contributed by atoms with Gasteiger partial charge in [0.25, 0.3) is 5.91 Å². The SMILES string of the molecule is Cc1cc2c(nc1N1CCC(OC[C@@]3(C)C[C@H]3C#N)CC1)CNC2=O. The Morgan fingerprint density at radius 2 is 2.24 bits per heavy atom. The van der Waals surface area contributed by atoms with E-state index in [1.54, 1.807) is 0 Å². The molecule has 0 unspecified atom stereocenters. The molecule has 1 aliphatic carbocycles. The number of aryl methyl sites for hydroxylation is 1. The van der Waals surface area contributed by atoms with Gasteiger partial charge in [0.05, 0.1) is 42.5 Å². The van der Waals surface area contributed by atoms with Crippen LogP contribution in [0.5, 0.6) is 0 Å². The minimum atomic E-state index is -0.0199. The molecule has 0 radical (unpaired) electrons. The summed E-state index contributed by atoms with van der Waals surface area (Å²) in [6.07, 6.45) is 3.18. The summed E-state index contributed by atoms with van der Waals surface area (Å²) in [4.78, 5) is 18.8. The first-order chi connectivity index (χ1) is 12.0. The van der Waals surface area contributed by atoms with Gasteiger partial charge in [0.2, 0.25) is 0 Å². The molecule has 4 rings (SSSR count). The molecule has 1 amide bonds. The maximum Gasteiger partial charge on any atom is 0.253 e. The molecule has 1 aromatic heterocycles. The van der Waals surface area contributed by atoms with E-state index in [0.29, 0.717) is 18.7 Å². The van der Waals surface area contributed by atoms with Crippen molar-refractivity contribution < 1.29 is 9.53 Å². The fourth-order valence-electron chi connectivity index (χ4n) is 3.86. The molecule has 3 heterocycles. The van der Waals surface area contributed by atoms with Crippen LogP contribution in [0.25, 0.3) is 0 Å². The fourth-order valence-corrected chi connectivity index (χ4v) is 3.86. The Labute approximate surface area is 148 Å². The monoisotopic (exact) mass is 340 g/mol. The topological polar surface area (TPSA) is 78.2 Å². The molecule has 1 aromatic rings. The van der Waals surface area contributed by atoms with Crippen molar-refractivity contribution in [1.29, 1.82) is 5.26 Å². The zero-order chi connectivity index (χ0) is 17.6. The number of fused-ring (bicyclic) bond motifs is 1. The van der Waals surface area contributed by atoms with Crippen molar-refractivity contribution in [2.45, 2.75) is 45.8 Å². The summed E-state index contributed by atoms with van der Waals surface area (Å²) in [5.74, 6) is 1.14. The number of pyridine rings is 1. The first kappa shape index (κ1) is 16.3. The van der Waals surface area contributed by atoms with E-state index >= 15 is 0 Å². The van der Waals surface area contributed by atoms with E-state index in [4.69, 9.17) is 15.0 Å². The van der Waals surface area contributed by atoms with Gasteiger partial charge >= 0.3 is 0 Å². The van der Waals surface area contributed by atoms with Crippen molar-refractivity contribution in [2.24, 2.45) is 11.3 Å². The van der Waals surface area contributed by atoms with Gasteiger partial charge < -0.3 is 15.0 Å². The van der Waals surface area contributed by atoms with Gasteiger partial charge in [0.15, 0.2) is 0 Å². The minimum absolute atomic E-state index is 0.0199. The van der Waals surface area contributed by atoms with Crippen molar-refractivity contribution >= 4 is 11.7 Å². The molecule has 0 aromatic carbocycles. The third-order valence-corrected chi connectivity index (χ3v) is 5.82. The summed E-state index contributed by atoms with van der Waals surface area (Å²) in [6.45, 7) is 7.21. The Balaban J connectivity index is 1.35. The summed E-state index contributed by atoms with van der Waals surface area (Å²) in [7, 11) is 0. The average molecular weight is 340 g/mol. The third kappa shape index (κ3) is 2.98. The summed E-state index contributed by atoms with van der Waals surface area (Å²) in [6, 6.07) is 4.31. The zero-order valence-corrected chi connectivity index (χ0v) is 14.8. The van der Waals surface area contributed by atoms with Crippen LogP contribution in [0, 0.1) is 29.6 Å². The number of hydrogen-bond donors (Lipinski definition) is 1. The Kier molecular flexibility index (Phi) is 3.92. The second kappa shape index (κ2) is 5.99. The maximum atomic E-state index is 11.7. The van der Waals surface area contributed by atoms with Gasteiger partial charge in [0.1, 0.15) is 5.82 Å². The maximum absolute atomic E-state index is 11.7. The molecule has 6 nitrogen and oxygen atoms in total. The van der Waals surface area contributed by atoms with E-state index in [0.717, 1.165) is 49.4 Å². The normalized spacial score (nSPS) is 28.4. The molecule has 2 fully saturated rings. The van der Waals surface area contributed by atoms with Crippen LogP contribution in [0.1, 0.15) is 47.8 Å². The number of nitriles is 1. The van der Waals surface area contributed by atoms with Gasteiger partial charge in [-0.25, -0.2) is 4.98 Å². The van der Waals surface area contributed by atoms with Crippen LogP contribution < -0.4 is 10.2 Å². The molecule has 0 spiro atoms. The van der Waals surface area contributed by atoms with Crippen LogP contribution in [-0.2, 0) is 11.3 Å². The summed E-state index contributed by atoms with van der Waals surface area (Å²) < 4.78 is 6.09. The number of carbonyl (C=O) groups is 1. The number of amides is 1. The number of piperidine rings is 1. The lowest BCUT2D eigenvalue weighted by molar-refractivity contribution is 0.0107. The Morgan fingerprint density at radius 1 is 1.48 bits per heavy atom. The van der Waals surface area contributed by atoms with Crippen LogP contribution in [0.3, 0.4) is 0 Å². The van der Waals surface area contributed by atoms with E-state index < -0.39 is 0 Å². The number of hydrogen-bond acceptors (Lipinski definition) is 5. The van der Waals surface area contributed by atoms with E-state index in [9.17, 15) is 4.79 Å². The first-order valence-corrected chi connectivity index (χ1v) is 9.05. The van der Waals surface area contributed by atoms with E-state index in [1.807, 2.05) is 13.0 Å². The van der Waals surface area contributed by atoms with Crippen molar-refractivity contribution in [3.63, 3.8) is 0 Å². The van der Waals surface area contributed by atoms with Crippen molar-refractivity contribution in [1.82, 2.24) is 10.3 Å². The number of carbonyl (C=O) groups excluding carboxylic acids is 1. The Morgan fingerprint density at radius 3 is 2.92 bits per heavy atom. The molecule has 132 valence electrons. The number of ether oxygens (including phenoxy) is 1. The second-order valence-corrected chi connectivity index (χ2v) is 7.84. The highest BCUT2D eigenvalue weighted by molar-refractivity contribution is 5.98. The molecule has 6 heteroatoms. The fraction of sp³-hybridized carbons (Fsp3) is 0.632. The van der Waals surface area contributed by atoms with E-state index in [-0.39, 0.29) is 23.3 Å². The Hall–Kier alpha value is -2.13. The highest BCUT2D eigenvalue weighted by Gasteiger charge is 2.51. The van der Waals surface area contributed by atoms with Crippen LogP contribution in [0.15, 0.2) is 6.07 Å². The highest BCUT2D eigenvalue weighted by Crippen LogP contribution is 2.52. The molecule has 0 bridgehead atoms. The van der Waals surface area contributed by atoms with Crippen LogP contribution >= 0.6 is 0 Å². The molecule has 1 N–H and O–H groups in total. The predicted octanol–water partition coefficient (Wildman–Crippen LogP) is 2.17. The lowest BCUT2D eigenvalue weighted by Crippen LogP contribution is -2.38. The van der Waals surface area contributed by atoms with Gasteiger partial charge in [-0.05, 0) is 37.8 Å². The summed E-state index contributed by atoms with van der Waals surface area (Å²) in [5, 5.41) is 11.8. The van der Waals surface area contributed by atoms with E-state index in [2.05, 4.69) is 23.2 Å². The van der Waals surface area contributed by atoms with Gasteiger partial charge in [-0.2, -0.15) is 5.26 Å². The zero-order valence-electron chi connectivity index (χ0n) is 14.8. The molecule has 25 heavy (non-hydrogen) atoms. The van der Waals surface area contributed by atoms with Crippen molar-refractivity contribution in [2.75, 3.05) is 24.6 Å². The molecular formula is C19H24N4O2. The minimum Gasteiger partial charge on any atom is -0.377 e. The number of aromatic nitrogens is 1. The smallest absolute Gasteiger partial charge is 0.253 e.